The minimum absolute atomic E-state index is 0.0418. The topological polar surface area (TPSA) is 49.4 Å². The first-order valence-electron chi connectivity index (χ1n) is 9.31. The molecule has 2 aromatic rings. The van der Waals surface area contributed by atoms with E-state index in [1.807, 2.05) is 42.5 Å². The number of nitrogens with zero attached hydrogens (tertiary/aromatic N) is 1. The molecule has 0 spiro atoms. The molecule has 2 aliphatic rings. The summed E-state index contributed by atoms with van der Waals surface area (Å²) in [6, 6.07) is 14.4. The van der Waals surface area contributed by atoms with Crippen LogP contribution >= 0.6 is 0 Å². The van der Waals surface area contributed by atoms with Crippen LogP contribution in [-0.4, -0.2) is 24.4 Å². The molecule has 1 saturated heterocycles. The van der Waals surface area contributed by atoms with E-state index < -0.39 is 0 Å². The van der Waals surface area contributed by atoms with Gasteiger partial charge < -0.3 is 10.2 Å². The highest BCUT2D eigenvalue weighted by Crippen LogP contribution is 2.32. The van der Waals surface area contributed by atoms with Gasteiger partial charge in [0, 0.05) is 24.4 Å². The number of benzene rings is 2. The Balaban J connectivity index is 1.51. The number of amides is 2. The lowest BCUT2D eigenvalue weighted by Crippen LogP contribution is -2.40. The van der Waals surface area contributed by atoms with Crippen LogP contribution in [0.5, 0.6) is 0 Å². The van der Waals surface area contributed by atoms with E-state index in [9.17, 15) is 9.59 Å². The van der Waals surface area contributed by atoms with Crippen LogP contribution < -0.4 is 10.2 Å². The van der Waals surface area contributed by atoms with E-state index in [0.29, 0.717) is 19.0 Å². The van der Waals surface area contributed by atoms with Crippen LogP contribution in [0.4, 0.5) is 5.69 Å². The maximum Gasteiger partial charge on any atom is 0.227 e. The van der Waals surface area contributed by atoms with Gasteiger partial charge in [0.1, 0.15) is 0 Å². The van der Waals surface area contributed by atoms with Gasteiger partial charge in [-0.15, -0.1) is 0 Å². The van der Waals surface area contributed by atoms with Crippen molar-refractivity contribution < 1.29 is 9.59 Å². The van der Waals surface area contributed by atoms with Crippen molar-refractivity contribution in [1.29, 1.82) is 0 Å². The first-order valence-corrected chi connectivity index (χ1v) is 9.31. The quantitative estimate of drug-likeness (QED) is 0.930. The molecule has 2 amide bonds. The Bertz CT molecular complexity index is 790. The molecule has 0 bridgehead atoms. The number of fused-ring (bicyclic) bond motifs is 1. The average molecular weight is 336 g/mol. The SMILES string of the molecule is O=C(NC1CCCCC1)[C@H]1CC(=O)N(c2cccc3ccccc23)C1. The van der Waals surface area contributed by atoms with Crippen molar-refractivity contribution in [3.05, 3.63) is 42.5 Å². The fourth-order valence-corrected chi connectivity index (χ4v) is 4.13. The number of hydrogen-bond donors (Lipinski definition) is 1. The van der Waals surface area contributed by atoms with Crippen LogP contribution in [0.25, 0.3) is 10.8 Å². The monoisotopic (exact) mass is 336 g/mol. The van der Waals surface area contributed by atoms with Crippen molar-refractivity contribution in [3.63, 3.8) is 0 Å². The van der Waals surface area contributed by atoms with Crippen LogP contribution in [0.2, 0.25) is 0 Å². The molecule has 1 aliphatic carbocycles. The van der Waals surface area contributed by atoms with E-state index in [2.05, 4.69) is 5.32 Å². The molecule has 0 radical (unpaired) electrons. The molecule has 1 heterocycles. The van der Waals surface area contributed by atoms with E-state index in [0.717, 1.165) is 29.3 Å². The maximum atomic E-state index is 12.6. The first-order chi connectivity index (χ1) is 12.2. The summed E-state index contributed by atoms with van der Waals surface area (Å²) >= 11 is 0. The average Bonchev–Trinajstić information content (AvgIpc) is 3.04. The van der Waals surface area contributed by atoms with Gasteiger partial charge in [0.15, 0.2) is 0 Å². The molecule has 130 valence electrons. The molecule has 1 saturated carbocycles. The summed E-state index contributed by atoms with van der Waals surface area (Å²) in [5.41, 5.74) is 0.913. The van der Waals surface area contributed by atoms with Crippen molar-refractivity contribution in [2.75, 3.05) is 11.4 Å². The Morgan fingerprint density at radius 2 is 1.76 bits per heavy atom. The van der Waals surface area contributed by atoms with Crippen LogP contribution in [0.1, 0.15) is 38.5 Å². The number of carbonyl (C=O) groups excluding carboxylic acids is 2. The zero-order valence-electron chi connectivity index (χ0n) is 14.4. The van der Waals surface area contributed by atoms with Gasteiger partial charge in [0.2, 0.25) is 11.8 Å². The molecule has 1 atom stereocenters. The summed E-state index contributed by atoms with van der Waals surface area (Å²) in [6.45, 7) is 0.478. The molecule has 2 fully saturated rings. The van der Waals surface area contributed by atoms with Crippen molar-refractivity contribution in [1.82, 2.24) is 5.32 Å². The van der Waals surface area contributed by atoms with Crippen LogP contribution in [0.15, 0.2) is 42.5 Å². The third kappa shape index (κ3) is 3.26. The van der Waals surface area contributed by atoms with E-state index in [1.165, 1.54) is 19.3 Å². The third-order valence-electron chi connectivity index (χ3n) is 5.50. The number of rotatable bonds is 3. The lowest BCUT2D eigenvalue weighted by molar-refractivity contribution is -0.127. The first kappa shape index (κ1) is 16.1. The molecule has 1 N–H and O–H groups in total. The minimum Gasteiger partial charge on any atom is -0.353 e. The highest BCUT2D eigenvalue weighted by Gasteiger charge is 2.36. The Morgan fingerprint density at radius 1 is 1.00 bits per heavy atom. The molecule has 0 unspecified atom stereocenters. The van der Waals surface area contributed by atoms with Gasteiger partial charge in [-0.2, -0.15) is 0 Å². The zero-order chi connectivity index (χ0) is 17.2. The zero-order valence-corrected chi connectivity index (χ0v) is 14.4. The summed E-state index contributed by atoms with van der Waals surface area (Å²) in [6.07, 6.45) is 6.09. The van der Waals surface area contributed by atoms with Gasteiger partial charge in [-0.05, 0) is 24.3 Å². The van der Waals surface area contributed by atoms with Gasteiger partial charge in [0.05, 0.1) is 11.6 Å². The number of anilines is 1. The van der Waals surface area contributed by atoms with E-state index >= 15 is 0 Å². The summed E-state index contributed by atoms with van der Waals surface area (Å²) in [7, 11) is 0. The standard InChI is InChI=1S/C21H24N2O2/c24-20-13-16(21(25)22-17-9-2-1-3-10-17)14-23(20)19-12-6-8-15-7-4-5-11-18(15)19/h4-8,11-12,16-17H,1-3,9-10,13-14H2,(H,22,25)/t16-/m0/s1. The Hall–Kier alpha value is -2.36. The van der Waals surface area contributed by atoms with Crippen molar-refractivity contribution >= 4 is 28.3 Å². The molecule has 2 aromatic carbocycles. The second kappa shape index (κ2) is 6.87. The van der Waals surface area contributed by atoms with E-state index in [4.69, 9.17) is 0 Å². The predicted octanol–water partition coefficient (Wildman–Crippen LogP) is 3.64. The largest absolute Gasteiger partial charge is 0.353 e. The Morgan fingerprint density at radius 3 is 2.60 bits per heavy atom. The van der Waals surface area contributed by atoms with Gasteiger partial charge in [-0.3, -0.25) is 9.59 Å². The summed E-state index contributed by atoms with van der Waals surface area (Å²) in [4.78, 5) is 27.0. The number of hydrogen-bond acceptors (Lipinski definition) is 2. The van der Waals surface area contributed by atoms with Crippen LogP contribution in [0, 0.1) is 5.92 Å². The predicted molar refractivity (Wildman–Crippen MR) is 99.4 cm³/mol. The van der Waals surface area contributed by atoms with Gasteiger partial charge >= 0.3 is 0 Å². The molecule has 4 heteroatoms. The van der Waals surface area contributed by atoms with Crippen molar-refractivity contribution in [2.24, 2.45) is 5.92 Å². The molecule has 1 aliphatic heterocycles. The highest BCUT2D eigenvalue weighted by molar-refractivity contribution is 6.06. The van der Waals surface area contributed by atoms with Crippen LogP contribution in [-0.2, 0) is 9.59 Å². The fourth-order valence-electron chi connectivity index (χ4n) is 4.13. The molecule has 4 rings (SSSR count). The second-order valence-corrected chi connectivity index (χ2v) is 7.25. The molecule has 4 nitrogen and oxygen atoms in total. The molecular weight excluding hydrogens is 312 g/mol. The van der Waals surface area contributed by atoms with Crippen molar-refractivity contribution in [3.8, 4) is 0 Å². The summed E-state index contributed by atoms with van der Waals surface area (Å²) in [5, 5.41) is 5.35. The number of nitrogens with one attached hydrogen (secondary N) is 1. The van der Waals surface area contributed by atoms with E-state index in [-0.39, 0.29) is 17.7 Å². The third-order valence-corrected chi connectivity index (χ3v) is 5.50. The summed E-state index contributed by atoms with van der Waals surface area (Å²) < 4.78 is 0. The Kier molecular flexibility index (Phi) is 4.43. The van der Waals surface area contributed by atoms with Crippen molar-refractivity contribution in [2.45, 2.75) is 44.6 Å². The molecule has 25 heavy (non-hydrogen) atoms. The lowest BCUT2D eigenvalue weighted by Gasteiger charge is -2.24. The lowest BCUT2D eigenvalue weighted by atomic mass is 9.95. The normalized spacial score (nSPS) is 21.7. The smallest absolute Gasteiger partial charge is 0.227 e. The minimum atomic E-state index is -0.242. The van der Waals surface area contributed by atoms with E-state index in [1.54, 1.807) is 4.90 Å². The van der Waals surface area contributed by atoms with Gasteiger partial charge in [-0.25, -0.2) is 0 Å². The maximum absolute atomic E-state index is 12.6. The highest BCUT2D eigenvalue weighted by atomic mass is 16.2. The van der Waals surface area contributed by atoms with Crippen LogP contribution in [0.3, 0.4) is 0 Å². The summed E-state index contributed by atoms with van der Waals surface area (Å²) in [5.74, 6) is -0.156. The van der Waals surface area contributed by atoms with Gasteiger partial charge in [0.25, 0.3) is 0 Å². The van der Waals surface area contributed by atoms with Gasteiger partial charge in [-0.1, -0.05) is 55.7 Å². The fraction of sp³-hybridized carbons (Fsp3) is 0.429. The molecular formula is C21H24N2O2. The molecule has 0 aromatic heterocycles. The number of carbonyl (C=O) groups is 2. The Labute approximate surface area is 148 Å². The second-order valence-electron chi connectivity index (χ2n) is 7.25.